The van der Waals surface area contributed by atoms with Crippen molar-refractivity contribution < 1.29 is 14.7 Å². The van der Waals surface area contributed by atoms with E-state index in [4.69, 9.17) is 5.11 Å². The van der Waals surface area contributed by atoms with E-state index in [1.165, 1.54) is 24.2 Å². The molecule has 2 aliphatic rings. The van der Waals surface area contributed by atoms with Gasteiger partial charge < -0.3 is 15.3 Å². The second-order valence-corrected chi connectivity index (χ2v) is 5.78. The number of carboxylic acid groups (broad SMARTS) is 1. The summed E-state index contributed by atoms with van der Waals surface area (Å²) in [6, 6.07) is -0.0894. The Morgan fingerprint density at radius 1 is 1.11 bits per heavy atom. The lowest BCUT2D eigenvalue weighted by Crippen LogP contribution is -2.48. The van der Waals surface area contributed by atoms with Crippen molar-refractivity contribution in [3.8, 4) is 0 Å². The number of aliphatic carboxylic acids is 1. The van der Waals surface area contributed by atoms with Crippen LogP contribution in [0, 0.1) is 5.92 Å². The highest BCUT2D eigenvalue weighted by Gasteiger charge is 2.28. The van der Waals surface area contributed by atoms with Crippen LogP contribution >= 0.6 is 0 Å². The Morgan fingerprint density at radius 2 is 1.79 bits per heavy atom. The molecule has 0 saturated heterocycles. The van der Waals surface area contributed by atoms with E-state index in [2.05, 4.69) is 5.32 Å². The summed E-state index contributed by atoms with van der Waals surface area (Å²) < 4.78 is 0. The Hall–Kier alpha value is -1.26. The smallest absolute Gasteiger partial charge is 0.323 e. The van der Waals surface area contributed by atoms with E-state index in [0.29, 0.717) is 6.54 Å². The molecule has 0 aliphatic heterocycles. The first-order valence-corrected chi connectivity index (χ1v) is 7.43. The number of rotatable bonds is 6. The maximum absolute atomic E-state index is 12.1. The molecular formula is C14H24N2O3. The SMILES string of the molecule is O=C(O)CN(C(=O)NCCC1CCC1)C1CCCC1. The monoisotopic (exact) mass is 268 g/mol. The molecule has 0 aromatic heterocycles. The standard InChI is InChI=1S/C14H24N2O3/c17-13(18)10-16(12-6-1-2-7-12)14(19)15-9-8-11-4-3-5-11/h11-12H,1-10H2,(H,15,19)(H,17,18). The van der Waals surface area contributed by atoms with E-state index in [0.717, 1.165) is 38.0 Å². The van der Waals surface area contributed by atoms with E-state index in [1.54, 1.807) is 0 Å². The van der Waals surface area contributed by atoms with Gasteiger partial charge in [-0.05, 0) is 25.2 Å². The summed E-state index contributed by atoms with van der Waals surface area (Å²) in [6.45, 7) is 0.492. The topological polar surface area (TPSA) is 69.6 Å². The van der Waals surface area contributed by atoms with Crippen LogP contribution in [-0.4, -0.2) is 41.1 Å². The molecule has 2 rings (SSSR count). The van der Waals surface area contributed by atoms with Gasteiger partial charge in [-0.15, -0.1) is 0 Å². The van der Waals surface area contributed by atoms with Crippen LogP contribution in [0.15, 0.2) is 0 Å². The number of nitrogens with one attached hydrogen (secondary N) is 1. The van der Waals surface area contributed by atoms with Gasteiger partial charge in [-0.2, -0.15) is 0 Å². The fourth-order valence-electron chi connectivity index (χ4n) is 2.99. The molecule has 108 valence electrons. The van der Waals surface area contributed by atoms with Gasteiger partial charge in [-0.3, -0.25) is 4.79 Å². The molecule has 0 aromatic carbocycles. The Kier molecular flexibility index (Phi) is 5.05. The molecular weight excluding hydrogens is 244 g/mol. The summed E-state index contributed by atoms with van der Waals surface area (Å²) in [7, 11) is 0. The summed E-state index contributed by atoms with van der Waals surface area (Å²) >= 11 is 0. The van der Waals surface area contributed by atoms with Crippen molar-refractivity contribution in [3.63, 3.8) is 0 Å². The van der Waals surface area contributed by atoms with Gasteiger partial charge in [0.1, 0.15) is 6.54 Å². The molecule has 0 aromatic rings. The Balaban J connectivity index is 1.77. The predicted molar refractivity (Wildman–Crippen MR) is 72.0 cm³/mol. The number of carbonyl (C=O) groups excluding carboxylic acids is 1. The van der Waals surface area contributed by atoms with Crippen LogP contribution in [0.25, 0.3) is 0 Å². The molecule has 19 heavy (non-hydrogen) atoms. The molecule has 0 spiro atoms. The summed E-state index contributed by atoms with van der Waals surface area (Å²) in [5.41, 5.74) is 0. The largest absolute Gasteiger partial charge is 0.480 e. The van der Waals surface area contributed by atoms with Crippen LogP contribution in [0.2, 0.25) is 0 Å². The average molecular weight is 268 g/mol. The van der Waals surface area contributed by atoms with E-state index in [-0.39, 0.29) is 18.6 Å². The van der Waals surface area contributed by atoms with Crippen LogP contribution < -0.4 is 5.32 Å². The number of nitrogens with zero attached hydrogens (tertiary/aromatic N) is 1. The third-order valence-electron chi connectivity index (χ3n) is 4.39. The van der Waals surface area contributed by atoms with E-state index in [1.807, 2.05) is 0 Å². The molecule has 0 bridgehead atoms. The number of hydrogen-bond acceptors (Lipinski definition) is 2. The minimum atomic E-state index is -0.930. The fraction of sp³-hybridized carbons (Fsp3) is 0.857. The van der Waals surface area contributed by atoms with Gasteiger partial charge >= 0.3 is 12.0 Å². The molecule has 2 amide bonds. The number of hydrogen-bond donors (Lipinski definition) is 2. The molecule has 0 unspecified atom stereocenters. The van der Waals surface area contributed by atoms with Gasteiger partial charge in [0.25, 0.3) is 0 Å². The first-order chi connectivity index (χ1) is 9.16. The highest BCUT2D eigenvalue weighted by Crippen LogP contribution is 2.28. The molecule has 2 saturated carbocycles. The summed E-state index contributed by atoms with van der Waals surface area (Å²) in [5, 5.41) is 11.8. The first kappa shape index (κ1) is 14.2. The fourth-order valence-corrected chi connectivity index (χ4v) is 2.99. The highest BCUT2D eigenvalue weighted by atomic mass is 16.4. The molecule has 0 heterocycles. The Morgan fingerprint density at radius 3 is 2.32 bits per heavy atom. The van der Waals surface area contributed by atoms with Gasteiger partial charge in [0.05, 0.1) is 0 Å². The van der Waals surface area contributed by atoms with Crippen LogP contribution in [0.5, 0.6) is 0 Å². The molecule has 5 heteroatoms. The van der Waals surface area contributed by atoms with E-state index < -0.39 is 5.97 Å². The maximum atomic E-state index is 12.1. The molecule has 2 fully saturated rings. The number of carboxylic acids is 1. The normalized spacial score (nSPS) is 20.0. The second kappa shape index (κ2) is 6.78. The average Bonchev–Trinajstić information content (AvgIpc) is 2.82. The molecule has 0 atom stereocenters. The van der Waals surface area contributed by atoms with Crippen molar-refractivity contribution in [2.24, 2.45) is 5.92 Å². The zero-order valence-electron chi connectivity index (χ0n) is 11.4. The van der Waals surface area contributed by atoms with Gasteiger partial charge in [-0.1, -0.05) is 32.1 Å². The van der Waals surface area contributed by atoms with Crippen molar-refractivity contribution >= 4 is 12.0 Å². The molecule has 5 nitrogen and oxygen atoms in total. The number of amides is 2. The second-order valence-electron chi connectivity index (χ2n) is 5.78. The lowest BCUT2D eigenvalue weighted by molar-refractivity contribution is -0.138. The van der Waals surface area contributed by atoms with Crippen molar-refractivity contribution in [1.29, 1.82) is 0 Å². The summed E-state index contributed by atoms with van der Waals surface area (Å²) in [6.07, 6.45) is 8.94. The molecule has 2 N–H and O–H groups in total. The van der Waals surface area contributed by atoms with Crippen molar-refractivity contribution in [2.45, 2.75) is 57.4 Å². The lowest BCUT2D eigenvalue weighted by atomic mass is 9.83. The van der Waals surface area contributed by atoms with Crippen molar-refractivity contribution in [1.82, 2.24) is 10.2 Å². The number of carbonyl (C=O) groups is 2. The Labute approximate surface area is 114 Å². The zero-order chi connectivity index (χ0) is 13.7. The predicted octanol–water partition coefficient (Wildman–Crippen LogP) is 2.22. The van der Waals surface area contributed by atoms with E-state index in [9.17, 15) is 9.59 Å². The Bertz CT molecular complexity index is 323. The third-order valence-corrected chi connectivity index (χ3v) is 4.39. The minimum absolute atomic E-state index is 0.111. The summed E-state index contributed by atoms with van der Waals surface area (Å²) in [5.74, 6) is -0.166. The van der Waals surface area contributed by atoms with Gasteiger partial charge in [0, 0.05) is 12.6 Å². The lowest BCUT2D eigenvalue weighted by Gasteiger charge is -2.29. The maximum Gasteiger partial charge on any atom is 0.323 e. The van der Waals surface area contributed by atoms with Crippen LogP contribution in [0.3, 0.4) is 0 Å². The van der Waals surface area contributed by atoms with Gasteiger partial charge in [0.15, 0.2) is 0 Å². The summed E-state index contributed by atoms with van der Waals surface area (Å²) in [4.78, 5) is 24.5. The van der Waals surface area contributed by atoms with Gasteiger partial charge in [-0.25, -0.2) is 4.79 Å². The van der Waals surface area contributed by atoms with E-state index >= 15 is 0 Å². The highest BCUT2D eigenvalue weighted by molar-refractivity contribution is 5.80. The zero-order valence-corrected chi connectivity index (χ0v) is 11.4. The minimum Gasteiger partial charge on any atom is -0.480 e. The van der Waals surface area contributed by atoms with Gasteiger partial charge in [0.2, 0.25) is 0 Å². The van der Waals surface area contributed by atoms with Crippen molar-refractivity contribution in [3.05, 3.63) is 0 Å². The number of urea groups is 1. The van der Waals surface area contributed by atoms with Crippen LogP contribution in [-0.2, 0) is 4.79 Å². The van der Waals surface area contributed by atoms with Crippen molar-refractivity contribution in [2.75, 3.05) is 13.1 Å². The van der Waals surface area contributed by atoms with Crippen LogP contribution in [0.1, 0.15) is 51.4 Å². The quantitative estimate of drug-likeness (QED) is 0.776. The van der Waals surface area contributed by atoms with Crippen LogP contribution in [0.4, 0.5) is 4.79 Å². The molecule has 2 aliphatic carbocycles. The molecule has 0 radical (unpaired) electrons. The third kappa shape index (κ3) is 4.11. The first-order valence-electron chi connectivity index (χ1n) is 7.43.